The number of aromatic nitrogens is 2. The number of benzene rings is 2. The zero-order chi connectivity index (χ0) is 40.4. The van der Waals surface area contributed by atoms with Crippen molar-refractivity contribution in [2.75, 3.05) is 76.9 Å². The molecule has 1 N–H and O–H groups in total. The molecule has 312 valence electrons. The quantitative estimate of drug-likeness (QED) is 0.289. The Morgan fingerprint density at radius 1 is 1.16 bits per heavy atom. The smallest absolute Gasteiger partial charge is 0.286 e. The van der Waals surface area contributed by atoms with E-state index in [1.54, 1.807) is 13.1 Å². The number of methoxy groups -OCH3 is 1. The molecule has 3 aromatic rings. The number of hydrogen-bond acceptors (Lipinski definition) is 10. The summed E-state index contributed by atoms with van der Waals surface area (Å²) in [6, 6.07) is 11.6. The van der Waals surface area contributed by atoms with Crippen LogP contribution in [0.2, 0.25) is 5.02 Å². The highest BCUT2D eigenvalue weighted by molar-refractivity contribution is 7.92. The number of allylic oxidation sites excluding steroid dienone is 1. The third-order valence-electron chi connectivity index (χ3n) is 12.5. The highest BCUT2D eigenvalue weighted by Crippen LogP contribution is 2.47. The first-order valence-electron chi connectivity index (χ1n) is 20.6. The summed E-state index contributed by atoms with van der Waals surface area (Å²) in [4.78, 5) is 32.6. The van der Waals surface area contributed by atoms with Gasteiger partial charge in [-0.15, -0.1) is 9.46 Å². The van der Waals surface area contributed by atoms with Crippen LogP contribution in [0.3, 0.4) is 0 Å². The standard InChI is InChI=1S/C43H55ClN6O7S/c1-29-6-4-8-38(56-21-18-49-16-19-55-20-17-49)34-12-9-32(34)24-50-27-43(15-5-7-30-22-33(44)11-13-36(30)43)28-57-39-14-10-31(23-37(39)50)40(51)46-58(53,26-29)47-41(52)35-25-48(2)45-42(35)54-3/h4,8,10-11,13-14,22-23,25,29,32,34,38H,5-7,9,12,15-21,24,26-28H2,1-3H3,(H,46,47,51,52,53)/b8-4+/t29-,32-,34+,38-,43-,58?/m0/s1. The molecule has 3 aliphatic heterocycles. The average molecular weight is 835 g/mol. The number of fused-ring (bicyclic) bond motifs is 4. The molecule has 1 saturated heterocycles. The second-order valence-electron chi connectivity index (χ2n) is 16.7. The van der Waals surface area contributed by atoms with Crippen molar-refractivity contribution in [3.05, 3.63) is 82.0 Å². The minimum Gasteiger partial charge on any atom is -0.490 e. The lowest BCUT2D eigenvalue weighted by atomic mass is 9.68. The second-order valence-corrected chi connectivity index (χ2v) is 19.1. The van der Waals surface area contributed by atoms with Crippen LogP contribution in [-0.4, -0.2) is 109 Å². The van der Waals surface area contributed by atoms with Crippen molar-refractivity contribution in [1.82, 2.24) is 19.4 Å². The van der Waals surface area contributed by atoms with E-state index in [9.17, 15) is 13.8 Å². The Morgan fingerprint density at radius 3 is 2.79 bits per heavy atom. The first-order chi connectivity index (χ1) is 28.0. The van der Waals surface area contributed by atoms with Crippen LogP contribution in [0.15, 0.2) is 59.1 Å². The van der Waals surface area contributed by atoms with Crippen LogP contribution in [0.25, 0.3) is 0 Å². The van der Waals surface area contributed by atoms with Gasteiger partial charge in [-0.3, -0.25) is 23.9 Å². The van der Waals surface area contributed by atoms with Crippen LogP contribution < -0.4 is 19.1 Å². The lowest BCUT2D eigenvalue weighted by Gasteiger charge is -2.46. The van der Waals surface area contributed by atoms with Crippen LogP contribution >= 0.6 is 11.6 Å². The maximum atomic E-state index is 14.8. The van der Waals surface area contributed by atoms with Crippen molar-refractivity contribution in [3.63, 3.8) is 0 Å². The topological polar surface area (TPSA) is 137 Å². The van der Waals surface area contributed by atoms with Crippen molar-refractivity contribution in [2.24, 2.45) is 29.2 Å². The van der Waals surface area contributed by atoms with E-state index in [1.165, 1.54) is 29.1 Å². The van der Waals surface area contributed by atoms with E-state index in [0.717, 1.165) is 82.2 Å². The summed E-state index contributed by atoms with van der Waals surface area (Å²) in [7, 11) is -0.557. The molecule has 15 heteroatoms. The fourth-order valence-electron chi connectivity index (χ4n) is 9.41. The molecule has 6 atom stereocenters. The van der Waals surface area contributed by atoms with Gasteiger partial charge in [-0.2, -0.15) is 0 Å². The Labute approximate surface area is 346 Å². The minimum absolute atomic E-state index is 0.0435. The van der Waals surface area contributed by atoms with Gasteiger partial charge in [0.15, 0.2) is 0 Å². The molecule has 8 rings (SSSR count). The first-order valence-corrected chi connectivity index (χ1v) is 22.7. The van der Waals surface area contributed by atoms with Gasteiger partial charge in [0.1, 0.15) is 21.2 Å². The third-order valence-corrected chi connectivity index (χ3v) is 14.8. The molecular weight excluding hydrogens is 780 g/mol. The molecule has 2 amide bonds. The molecule has 2 bridgehead atoms. The molecule has 1 unspecified atom stereocenters. The summed E-state index contributed by atoms with van der Waals surface area (Å²) in [5.41, 5.74) is 3.41. The number of morpholine rings is 1. The third kappa shape index (κ3) is 8.81. The highest BCUT2D eigenvalue weighted by Gasteiger charge is 2.44. The minimum atomic E-state index is -3.63. The van der Waals surface area contributed by atoms with E-state index in [0.29, 0.717) is 43.8 Å². The Balaban J connectivity index is 1.17. The number of aryl methyl sites for hydroxylation is 2. The molecular formula is C43H55ClN6O7S. The lowest BCUT2D eigenvalue weighted by molar-refractivity contribution is -0.0315. The normalized spacial score (nSPS) is 29.5. The summed E-state index contributed by atoms with van der Waals surface area (Å²) < 4.78 is 47.5. The molecule has 1 saturated carbocycles. The van der Waals surface area contributed by atoms with E-state index < -0.39 is 21.7 Å². The average Bonchev–Trinajstić information content (AvgIpc) is 3.51. The molecule has 2 aliphatic carbocycles. The number of carbonyl (C=O) groups is 2. The number of nitrogens with zero attached hydrogens (tertiary/aromatic N) is 5. The van der Waals surface area contributed by atoms with Crippen molar-refractivity contribution < 1.29 is 32.7 Å². The Hall–Kier alpha value is -3.95. The molecule has 13 nitrogen and oxygen atoms in total. The van der Waals surface area contributed by atoms with Crippen LogP contribution in [0, 0.1) is 17.8 Å². The van der Waals surface area contributed by atoms with Gasteiger partial charge in [0.2, 0.25) is 5.88 Å². The van der Waals surface area contributed by atoms with Gasteiger partial charge < -0.3 is 23.8 Å². The highest BCUT2D eigenvalue weighted by atomic mass is 35.5. The maximum Gasteiger partial charge on any atom is 0.286 e. The summed E-state index contributed by atoms with van der Waals surface area (Å²) in [5, 5.41) is 4.91. The predicted octanol–water partition coefficient (Wildman–Crippen LogP) is 5.85. The summed E-state index contributed by atoms with van der Waals surface area (Å²) in [6.45, 7) is 8.63. The van der Waals surface area contributed by atoms with E-state index in [1.807, 2.05) is 25.1 Å². The van der Waals surface area contributed by atoms with Crippen molar-refractivity contribution >= 4 is 39.0 Å². The van der Waals surface area contributed by atoms with Crippen molar-refractivity contribution in [1.29, 1.82) is 0 Å². The van der Waals surface area contributed by atoms with Crippen LogP contribution in [0.5, 0.6) is 11.6 Å². The van der Waals surface area contributed by atoms with Gasteiger partial charge in [0.25, 0.3) is 11.8 Å². The molecule has 2 fully saturated rings. The fourth-order valence-corrected chi connectivity index (χ4v) is 11.5. The van der Waals surface area contributed by atoms with E-state index >= 15 is 0 Å². The van der Waals surface area contributed by atoms with Gasteiger partial charge in [0, 0.05) is 62.0 Å². The van der Waals surface area contributed by atoms with Crippen LogP contribution in [-0.2, 0) is 38.3 Å². The number of anilines is 1. The number of carbonyl (C=O) groups excluding carboxylic acids is 2. The summed E-state index contributed by atoms with van der Waals surface area (Å²) in [5.74, 6) is -0.183. The zero-order valence-corrected chi connectivity index (χ0v) is 35.3. The van der Waals surface area contributed by atoms with Crippen LogP contribution in [0.4, 0.5) is 5.69 Å². The first kappa shape index (κ1) is 40.8. The monoisotopic (exact) mass is 834 g/mol. The van der Waals surface area contributed by atoms with Gasteiger partial charge in [-0.1, -0.05) is 36.7 Å². The zero-order valence-electron chi connectivity index (χ0n) is 33.7. The SMILES string of the molecule is COc1nn(C)cc1C(=O)NS1(=O)=NC(=O)c2ccc3c(c2)N(C[C@@H]2CC[C@H]2[C@@H](OCCN2CCOCC2)/C=C/C[C@H](C)C1)C[C@@]1(CCCc2cc(Cl)ccc21)CO3. The van der Waals surface area contributed by atoms with Crippen molar-refractivity contribution in [3.8, 4) is 11.6 Å². The van der Waals surface area contributed by atoms with Gasteiger partial charge in [0.05, 0.1) is 51.1 Å². The summed E-state index contributed by atoms with van der Waals surface area (Å²) in [6.07, 6.45) is 11.3. The van der Waals surface area contributed by atoms with Gasteiger partial charge in [-0.25, -0.2) is 4.21 Å². The molecule has 5 aliphatic rings. The number of nitrogens with one attached hydrogen (secondary N) is 1. The fraction of sp³-hybridized carbons (Fsp3) is 0.558. The number of amides is 2. The number of ether oxygens (including phenoxy) is 4. The van der Waals surface area contributed by atoms with E-state index in [2.05, 4.69) is 48.3 Å². The largest absolute Gasteiger partial charge is 0.490 e. The van der Waals surface area contributed by atoms with Crippen molar-refractivity contribution in [2.45, 2.75) is 57.0 Å². The molecule has 0 radical (unpaired) electrons. The molecule has 2 aromatic carbocycles. The van der Waals surface area contributed by atoms with Crippen LogP contribution in [0.1, 0.15) is 70.9 Å². The number of halogens is 1. The molecule has 4 heterocycles. The number of hydrogen-bond donors (Lipinski definition) is 1. The summed E-state index contributed by atoms with van der Waals surface area (Å²) >= 11 is 6.51. The Morgan fingerprint density at radius 2 is 2.00 bits per heavy atom. The Kier molecular flexibility index (Phi) is 12.2. The van der Waals surface area contributed by atoms with Gasteiger partial charge >= 0.3 is 0 Å². The Bertz CT molecular complexity index is 2160. The van der Waals surface area contributed by atoms with Gasteiger partial charge in [-0.05, 0) is 97.7 Å². The lowest BCUT2D eigenvalue weighted by Crippen LogP contribution is -2.50. The maximum absolute atomic E-state index is 14.8. The predicted molar refractivity (Wildman–Crippen MR) is 223 cm³/mol. The van der Waals surface area contributed by atoms with E-state index in [-0.39, 0.29) is 40.2 Å². The van der Waals surface area contributed by atoms with E-state index in [4.69, 9.17) is 30.5 Å². The molecule has 1 spiro atoms. The molecule has 1 aromatic heterocycles. The molecule has 58 heavy (non-hydrogen) atoms. The second kappa shape index (κ2) is 17.3. The number of rotatable bonds is 7.